The molecule has 0 unspecified atom stereocenters. The average molecular weight is 447 g/mol. The number of sulfonamides is 1. The Labute approximate surface area is 187 Å². The van der Waals surface area contributed by atoms with Gasteiger partial charge in [-0.05, 0) is 60.5 Å². The van der Waals surface area contributed by atoms with E-state index in [2.05, 4.69) is 10.8 Å². The maximum absolute atomic E-state index is 13.1. The highest BCUT2D eigenvalue weighted by Gasteiger charge is 2.27. The molecular formula is C24H22N4O3S. The number of urea groups is 1. The van der Waals surface area contributed by atoms with E-state index in [0.29, 0.717) is 36.6 Å². The van der Waals surface area contributed by atoms with E-state index in [0.717, 1.165) is 12.0 Å². The van der Waals surface area contributed by atoms with Gasteiger partial charge >= 0.3 is 6.03 Å². The van der Waals surface area contributed by atoms with E-state index in [4.69, 9.17) is 5.26 Å². The number of amides is 2. The predicted octanol–water partition coefficient (Wildman–Crippen LogP) is 4.19. The monoisotopic (exact) mass is 446 g/mol. The number of hydrogen-bond donors (Lipinski definition) is 1. The molecule has 3 aromatic carbocycles. The number of nitrogens with one attached hydrogen (secondary N) is 1. The molecule has 1 N–H and O–H groups in total. The number of nitriles is 1. The van der Waals surface area contributed by atoms with E-state index in [1.807, 2.05) is 12.1 Å². The molecule has 0 atom stereocenters. The lowest BCUT2D eigenvalue weighted by Gasteiger charge is -2.35. The third-order valence-electron chi connectivity index (χ3n) is 5.23. The summed E-state index contributed by atoms with van der Waals surface area (Å²) >= 11 is 0. The van der Waals surface area contributed by atoms with Crippen LogP contribution in [0.1, 0.15) is 17.5 Å². The molecule has 0 aliphatic carbocycles. The van der Waals surface area contributed by atoms with Crippen molar-refractivity contribution in [3.05, 3.63) is 90.0 Å². The van der Waals surface area contributed by atoms with Gasteiger partial charge in [-0.3, -0.25) is 9.62 Å². The van der Waals surface area contributed by atoms with Crippen molar-refractivity contribution in [1.82, 2.24) is 4.90 Å². The van der Waals surface area contributed by atoms with Gasteiger partial charge < -0.3 is 4.90 Å². The fourth-order valence-corrected chi connectivity index (χ4v) is 4.73. The molecule has 32 heavy (non-hydrogen) atoms. The van der Waals surface area contributed by atoms with Gasteiger partial charge in [-0.1, -0.05) is 30.3 Å². The SMILES string of the molecule is N#Cc1cccc(CN2CCCN(c3ccc(NS(=O)(=O)c4ccccc4)cc3)C2=O)c1. The second-order valence-electron chi connectivity index (χ2n) is 7.49. The normalized spacial score (nSPS) is 14.2. The Morgan fingerprint density at radius 3 is 2.41 bits per heavy atom. The summed E-state index contributed by atoms with van der Waals surface area (Å²) in [7, 11) is -3.67. The molecule has 8 heteroatoms. The van der Waals surface area contributed by atoms with Crippen LogP contribution in [0.25, 0.3) is 0 Å². The molecule has 1 aliphatic rings. The zero-order valence-electron chi connectivity index (χ0n) is 17.3. The molecule has 0 radical (unpaired) electrons. The summed E-state index contributed by atoms with van der Waals surface area (Å²) in [4.78, 5) is 16.7. The van der Waals surface area contributed by atoms with Crippen LogP contribution < -0.4 is 9.62 Å². The lowest BCUT2D eigenvalue weighted by molar-refractivity contribution is 0.192. The Morgan fingerprint density at radius 1 is 0.938 bits per heavy atom. The zero-order valence-corrected chi connectivity index (χ0v) is 18.1. The molecule has 1 fully saturated rings. The fourth-order valence-electron chi connectivity index (χ4n) is 3.65. The fraction of sp³-hybridized carbons (Fsp3) is 0.167. The van der Waals surface area contributed by atoms with Crippen molar-refractivity contribution in [3.63, 3.8) is 0 Å². The molecule has 0 aromatic heterocycles. The van der Waals surface area contributed by atoms with Crippen LogP contribution in [0.2, 0.25) is 0 Å². The van der Waals surface area contributed by atoms with Crippen molar-refractivity contribution in [1.29, 1.82) is 5.26 Å². The van der Waals surface area contributed by atoms with Crippen molar-refractivity contribution >= 4 is 27.4 Å². The van der Waals surface area contributed by atoms with Crippen LogP contribution >= 0.6 is 0 Å². The molecule has 1 heterocycles. The van der Waals surface area contributed by atoms with Gasteiger partial charge in [0, 0.05) is 31.0 Å². The van der Waals surface area contributed by atoms with E-state index in [1.165, 1.54) is 12.1 Å². The molecule has 0 saturated carbocycles. The molecule has 3 aromatic rings. The van der Waals surface area contributed by atoms with Gasteiger partial charge in [0.15, 0.2) is 0 Å². The highest BCUT2D eigenvalue weighted by Crippen LogP contribution is 2.24. The largest absolute Gasteiger partial charge is 0.324 e. The summed E-state index contributed by atoms with van der Waals surface area (Å²) in [5.41, 5.74) is 2.60. The standard InChI is InChI=1S/C24H22N4O3S/c25-17-19-6-4-7-20(16-19)18-27-14-5-15-28(24(27)29)22-12-10-21(11-13-22)26-32(30,31)23-8-2-1-3-9-23/h1-4,6-13,16,26H,5,14-15,18H2. The van der Waals surface area contributed by atoms with Crippen LogP contribution in [0.4, 0.5) is 16.2 Å². The summed E-state index contributed by atoms with van der Waals surface area (Å²) in [6.45, 7) is 1.66. The first kappa shape index (κ1) is 21.4. The van der Waals surface area contributed by atoms with Gasteiger partial charge in [-0.2, -0.15) is 5.26 Å². The topological polar surface area (TPSA) is 93.5 Å². The smallest absolute Gasteiger partial charge is 0.320 e. The van der Waals surface area contributed by atoms with Gasteiger partial charge in [0.2, 0.25) is 0 Å². The van der Waals surface area contributed by atoms with Crippen LogP contribution in [0.3, 0.4) is 0 Å². The molecule has 4 rings (SSSR count). The molecule has 7 nitrogen and oxygen atoms in total. The first-order chi connectivity index (χ1) is 15.5. The molecule has 0 spiro atoms. The summed E-state index contributed by atoms with van der Waals surface area (Å²) in [6, 6.07) is 24.2. The molecule has 0 bridgehead atoms. The molecular weight excluding hydrogens is 424 g/mol. The molecule has 162 valence electrons. The van der Waals surface area contributed by atoms with Gasteiger partial charge in [-0.25, -0.2) is 13.2 Å². The number of carbonyl (C=O) groups excluding carboxylic acids is 1. The molecule has 1 saturated heterocycles. The van der Waals surface area contributed by atoms with E-state index in [9.17, 15) is 13.2 Å². The Morgan fingerprint density at radius 2 is 1.69 bits per heavy atom. The van der Waals surface area contributed by atoms with Crippen LogP contribution in [-0.4, -0.2) is 32.4 Å². The lowest BCUT2D eigenvalue weighted by Crippen LogP contribution is -2.49. The summed E-state index contributed by atoms with van der Waals surface area (Å²) in [5.74, 6) is 0. The van der Waals surface area contributed by atoms with E-state index in [1.54, 1.807) is 64.4 Å². The summed E-state index contributed by atoms with van der Waals surface area (Å²) in [5, 5.41) is 9.09. The summed E-state index contributed by atoms with van der Waals surface area (Å²) < 4.78 is 27.6. The maximum Gasteiger partial charge on any atom is 0.324 e. The quantitative estimate of drug-likeness (QED) is 0.614. The van der Waals surface area contributed by atoms with Crippen molar-refractivity contribution < 1.29 is 13.2 Å². The van der Waals surface area contributed by atoms with Gasteiger partial charge in [0.1, 0.15) is 0 Å². The second-order valence-corrected chi connectivity index (χ2v) is 9.17. The third kappa shape index (κ3) is 4.74. The number of benzene rings is 3. The maximum atomic E-state index is 13.1. The van der Waals surface area contributed by atoms with E-state index >= 15 is 0 Å². The highest BCUT2D eigenvalue weighted by atomic mass is 32.2. The Balaban J connectivity index is 1.46. The van der Waals surface area contributed by atoms with Crippen molar-refractivity contribution in [2.75, 3.05) is 22.7 Å². The van der Waals surface area contributed by atoms with Crippen molar-refractivity contribution in [2.45, 2.75) is 17.9 Å². The second kappa shape index (κ2) is 9.12. The van der Waals surface area contributed by atoms with E-state index < -0.39 is 10.0 Å². The Bertz CT molecular complexity index is 1250. The first-order valence-corrected chi connectivity index (χ1v) is 11.7. The number of nitrogens with zero attached hydrogens (tertiary/aromatic N) is 3. The number of hydrogen-bond acceptors (Lipinski definition) is 4. The number of rotatable bonds is 6. The highest BCUT2D eigenvalue weighted by molar-refractivity contribution is 7.92. The minimum atomic E-state index is -3.67. The Hall–Kier alpha value is -3.83. The van der Waals surface area contributed by atoms with Crippen molar-refractivity contribution in [3.8, 4) is 6.07 Å². The summed E-state index contributed by atoms with van der Waals surface area (Å²) in [6.07, 6.45) is 0.812. The van der Waals surface area contributed by atoms with Crippen LogP contribution in [0, 0.1) is 11.3 Å². The van der Waals surface area contributed by atoms with Crippen LogP contribution in [0.15, 0.2) is 83.8 Å². The number of carbonyl (C=O) groups is 1. The third-order valence-corrected chi connectivity index (χ3v) is 6.62. The van der Waals surface area contributed by atoms with Gasteiger partial charge in [0.25, 0.3) is 10.0 Å². The van der Waals surface area contributed by atoms with Gasteiger partial charge in [0.05, 0.1) is 16.5 Å². The Kier molecular flexibility index (Phi) is 6.10. The lowest BCUT2D eigenvalue weighted by atomic mass is 10.1. The molecule has 2 amide bonds. The molecule has 1 aliphatic heterocycles. The minimum Gasteiger partial charge on any atom is -0.320 e. The minimum absolute atomic E-state index is 0.115. The van der Waals surface area contributed by atoms with Gasteiger partial charge in [-0.15, -0.1) is 0 Å². The van der Waals surface area contributed by atoms with Crippen LogP contribution in [-0.2, 0) is 16.6 Å². The predicted molar refractivity (Wildman–Crippen MR) is 123 cm³/mol. The average Bonchev–Trinajstić information content (AvgIpc) is 2.82. The zero-order chi connectivity index (χ0) is 22.6. The van der Waals surface area contributed by atoms with Crippen molar-refractivity contribution in [2.24, 2.45) is 0 Å². The van der Waals surface area contributed by atoms with E-state index in [-0.39, 0.29) is 10.9 Å². The number of anilines is 2. The van der Waals surface area contributed by atoms with Crippen LogP contribution in [0.5, 0.6) is 0 Å². The first-order valence-electron chi connectivity index (χ1n) is 10.2.